The topological polar surface area (TPSA) is 98.3 Å². The first-order valence-corrected chi connectivity index (χ1v) is 6.52. The van der Waals surface area contributed by atoms with Crippen molar-refractivity contribution in [1.29, 1.82) is 0 Å². The Morgan fingerprint density at radius 2 is 2.00 bits per heavy atom. The van der Waals surface area contributed by atoms with Crippen LogP contribution in [0, 0.1) is 29.4 Å². The van der Waals surface area contributed by atoms with Gasteiger partial charge in [0.25, 0.3) is 5.69 Å². The summed E-state index contributed by atoms with van der Waals surface area (Å²) in [6.07, 6.45) is 0.625. The number of carbonyl (C=O) groups excluding carboxylic acids is 1. The summed E-state index contributed by atoms with van der Waals surface area (Å²) in [4.78, 5) is 22.7. The smallest absolute Gasteiger partial charge is 0.272 e. The third-order valence-electron chi connectivity index (χ3n) is 3.77. The molecule has 0 saturated carbocycles. The monoisotopic (exact) mass is 279 g/mol. The lowest BCUT2D eigenvalue weighted by Crippen LogP contribution is -2.39. The van der Waals surface area contributed by atoms with Crippen molar-refractivity contribution in [1.82, 2.24) is 0 Å². The van der Waals surface area contributed by atoms with Crippen LogP contribution in [0.5, 0.6) is 0 Å². The molecule has 0 aliphatic rings. The van der Waals surface area contributed by atoms with E-state index in [9.17, 15) is 14.9 Å². The Morgan fingerprint density at radius 1 is 1.40 bits per heavy atom. The molecule has 0 aliphatic carbocycles. The number of hydrogen-bond donors (Lipinski definition) is 2. The molecule has 0 radical (unpaired) electrons. The van der Waals surface area contributed by atoms with E-state index in [4.69, 9.17) is 5.73 Å². The Hall–Kier alpha value is -1.95. The fraction of sp³-hybridized carbons (Fsp3) is 0.500. The Kier molecular flexibility index (Phi) is 4.83. The summed E-state index contributed by atoms with van der Waals surface area (Å²) in [5.74, 6) is -0.168. The normalized spacial score (nSPS) is 13.7. The summed E-state index contributed by atoms with van der Waals surface area (Å²) in [6, 6.07) is 3.09. The number of nitrogens with zero attached hydrogens (tertiary/aromatic N) is 1. The summed E-state index contributed by atoms with van der Waals surface area (Å²) < 4.78 is 0. The first-order valence-electron chi connectivity index (χ1n) is 6.52. The van der Waals surface area contributed by atoms with E-state index in [1.165, 1.54) is 6.07 Å². The number of nitrogens with two attached hydrogens (primary N) is 1. The van der Waals surface area contributed by atoms with Crippen molar-refractivity contribution in [2.75, 3.05) is 11.9 Å². The van der Waals surface area contributed by atoms with Crippen LogP contribution < -0.4 is 11.1 Å². The fourth-order valence-electron chi connectivity index (χ4n) is 1.80. The zero-order valence-corrected chi connectivity index (χ0v) is 12.3. The molecule has 1 unspecified atom stereocenters. The molecule has 6 heteroatoms. The van der Waals surface area contributed by atoms with Gasteiger partial charge in [-0.05, 0) is 38.8 Å². The quantitative estimate of drug-likeness (QED) is 0.639. The highest BCUT2D eigenvalue weighted by molar-refractivity contribution is 5.96. The molecule has 20 heavy (non-hydrogen) atoms. The number of nitro benzene ring substituents is 1. The minimum atomic E-state index is -0.637. The number of anilines is 1. The molecule has 1 aromatic carbocycles. The second-order valence-corrected chi connectivity index (χ2v) is 5.28. The number of nitrogens with one attached hydrogen (secondary N) is 1. The number of hydrogen-bond acceptors (Lipinski definition) is 4. The van der Waals surface area contributed by atoms with Gasteiger partial charge in [-0.15, -0.1) is 0 Å². The summed E-state index contributed by atoms with van der Waals surface area (Å²) >= 11 is 0. The molecule has 6 nitrogen and oxygen atoms in total. The van der Waals surface area contributed by atoms with Gasteiger partial charge in [0.2, 0.25) is 5.91 Å². The van der Waals surface area contributed by atoms with Crippen molar-refractivity contribution in [3.8, 4) is 0 Å². The van der Waals surface area contributed by atoms with E-state index < -0.39 is 10.3 Å². The molecule has 0 heterocycles. The lowest BCUT2D eigenvalue weighted by Gasteiger charge is -2.25. The average molecular weight is 279 g/mol. The van der Waals surface area contributed by atoms with Crippen LogP contribution in [0.25, 0.3) is 0 Å². The molecule has 0 fully saturated rings. The zero-order chi connectivity index (χ0) is 15.5. The SMILES string of the molecule is CCC(C)(CN)C(=O)Nc1cc(C)c([N+](=O)[O-])cc1C. The van der Waals surface area contributed by atoms with Crippen LogP contribution in [-0.2, 0) is 4.79 Å². The van der Waals surface area contributed by atoms with Crippen LogP contribution in [0.15, 0.2) is 12.1 Å². The molecular formula is C14H21N3O3. The highest BCUT2D eigenvalue weighted by Gasteiger charge is 2.30. The maximum atomic E-state index is 12.3. The summed E-state index contributed by atoms with van der Waals surface area (Å²) in [5.41, 5.74) is 6.83. The Morgan fingerprint density at radius 3 is 2.45 bits per heavy atom. The van der Waals surface area contributed by atoms with Gasteiger partial charge in [0.1, 0.15) is 0 Å². The Labute approximate surface area is 118 Å². The predicted octanol–water partition coefficient (Wildman–Crippen LogP) is 2.53. The fourth-order valence-corrected chi connectivity index (χ4v) is 1.80. The third kappa shape index (κ3) is 3.14. The van der Waals surface area contributed by atoms with Gasteiger partial charge in [-0.25, -0.2) is 0 Å². The van der Waals surface area contributed by atoms with E-state index in [0.717, 1.165) is 0 Å². The Bertz CT molecular complexity index is 537. The standard InChI is InChI=1S/C14H21N3O3/c1-5-14(4,8-15)13(18)16-11-6-10(3)12(17(19)20)7-9(11)2/h6-7H,5,8,15H2,1-4H3,(H,16,18). The maximum absolute atomic E-state index is 12.3. The molecule has 3 N–H and O–H groups in total. The van der Waals surface area contributed by atoms with Gasteiger partial charge in [0, 0.05) is 23.9 Å². The van der Waals surface area contributed by atoms with Gasteiger partial charge in [0.15, 0.2) is 0 Å². The molecule has 1 aromatic rings. The van der Waals surface area contributed by atoms with Crippen LogP contribution in [0.3, 0.4) is 0 Å². The lowest BCUT2D eigenvalue weighted by molar-refractivity contribution is -0.385. The third-order valence-corrected chi connectivity index (χ3v) is 3.77. The van der Waals surface area contributed by atoms with Crippen molar-refractivity contribution in [3.05, 3.63) is 33.4 Å². The van der Waals surface area contributed by atoms with Crippen LogP contribution in [0.2, 0.25) is 0 Å². The van der Waals surface area contributed by atoms with Crippen molar-refractivity contribution >= 4 is 17.3 Å². The van der Waals surface area contributed by atoms with Gasteiger partial charge in [-0.1, -0.05) is 6.92 Å². The van der Waals surface area contributed by atoms with Gasteiger partial charge in [-0.2, -0.15) is 0 Å². The van der Waals surface area contributed by atoms with Crippen molar-refractivity contribution < 1.29 is 9.72 Å². The minimum Gasteiger partial charge on any atom is -0.329 e. The summed E-state index contributed by atoms with van der Waals surface area (Å²) in [7, 11) is 0. The average Bonchev–Trinajstić information content (AvgIpc) is 2.41. The predicted molar refractivity (Wildman–Crippen MR) is 78.7 cm³/mol. The molecular weight excluding hydrogens is 258 g/mol. The van der Waals surface area contributed by atoms with E-state index in [2.05, 4.69) is 5.32 Å². The van der Waals surface area contributed by atoms with E-state index in [1.807, 2.05) is 6.92 Å². The van der Waals surface area contributed by atoms with Crippen LogP contribution in [-0.4, -0.2) is 17.4 Å². The van der Waals surface area contributed by atoms with Gasteiger partial charge in [0.05, 0.1) is 10.3 Å². The van der Waals surface area contributed by atoms with E-state index >= 15 is 0 Å². The van der Waals surface area contributed by atoms with E-state index in [1.54, 1.807) is 26.8 Å². The molecule has 1 rings (SSSR count). The first-order chi connectivity index (χ1) is 9.25. The molecule has 110 valence electrons. The molecule has 1 amide bonds. The Balaban J connectivity index is 3.08. The largest absolute Gasteiger partial charge is 0.329 e. The molecule has 0 aromatic heterocycles. The molecule has 1 atom stereocenters. The molecule has 0 saturated heterocycles. The number of amides is 1. The number of rotatable bonds is 5. The van der Waals surface area contributed by atoms with E-state index in [-0.39, 0.29) is 18.1 Å². The van der Waals surface area contributed by atoms with Crippen molar-refractivity contribution in [2.24, 2.45) is 11.1 Å². The van der Waals surface area contributed by atoms with Crippen LogP contribution >= 0.6 is 0 Å². The maximum Gasteiger partial charge on any atom is 0.272 e. The van der Waals surface area contributed by atoms with Crippen molar-refractivity contribution in [2.45, 2.75) is 34.1 Å². The lowest BCUT2D eigenvalue weighted by atomic mass is 9.86. The van der Waals surface area contributed by atoms with Gasteiger partial charge < -0.3 is 11.1 Å². The number of benzene rings is 1. The highest BCUT2D eigenvalue weighted by atomic mass is 16.6. The van der Waals surface area contributed by atoms with Crippen LogP contribution in [0.4, 0.5) is 11.4 Å². The van der Waals surface area contributed by atoms with Crippen molar-refractivity contribution in [3.63, 3.8) is 0 Å². The zero-order valence-electron chi connectivity index (χ0n) is 12.3. The molecule has 0 bridgehead atoms. The summed E-state index contributed by atoms with van der Waals surface area (Å²) in [5, 5.41) is 13.7. The second-order valence-electron chi connectivity index (χ2n) is 5.28. The molecule has 0 aliphatic heterocycles. The summed E-state index contributed by atoms with van der Waals surface area (Å²) in [6.45, 7) is 7.33. The number of nitro groups is 1. The highest BCUT2D eigenvalue weighted by Crippen LogP contribution is 2.28. The van der Waals surface area contributed by atoms with Crippen LogP contribution in [0.1, 0.15) is 31.4 Å². The van der Waals surface area contributed by atoms with E-state index in [0.29, 0.717) is 23.2 Å². The first kappa shape index (κ1) is 16.1. The minimum absolute atomic E-state index is 0.0533. The number of carbonyl (C=O) groups is 1. The van der Waals surface area contributed by atoms with Gasteiger partial charge >= 0.3 is 0 Å². The number of aryl methyl sites for hydroxylation is 2. The second kappa shape index (κ2) is 6.00. The molecule has 0 spiro atoms. The van der Waals surface area contributed by atoms with Gasteiger partial charge in [-0.3, -0.25) is 14.9 Å².